The number of ether oxygens (including phenoxy) is 1. The molecular weight excluding hydrogens is 394 g/mol. The molecule has 1 fully saturated rings. The van der Waals surface area contributed by atoms with Crippen LogP contribution in [0.15, 0.2) is 29.3 Å². The fourth-order valence-corrected chi connectivity index (χ4v) is 4.43. The van der Waals surface area contributed by atoms with Crippen molar-refractivity contribution in [1.82, 2.24) is 24.6 Å². The molecule has 1 unspecified atom stereocenters. The summed E-state index contributed by atoms with van der Waals surface area (Å²) in [6.45, 7) is 11.2. The van der Waals surface area contributed by atoms with Crippen molar-refractivity contribution >= 4 is 11.6 Å². The normalized spacial score (nSPS) is 15.9. The van der Waals surface area contributed by atoms with Crippen molar-refractivity contribution in [3.05, 3.63) is 68.5 Å². The Kier molecular flexibility index (Phi) is 5.93. The highest BCUT2D eigenvalue weighted by Gasteiger charge is 2.25. The van der Waals surface area contributed by atoms with E-state index in [0.29, 0.717) is 24.3 Å². The van der Waals surface area contributed by atoms with E-state index in [0.717, 1.165) is 41.3 Å². The van der Waals surface area contributed by atoms with Gasteiger partial charge in [-0.2, -0.15) is 0 Å². The van der Waals surface area contributed by atoms with Crippen LogP contribution in [-0.2, 0) is 11.3 Å². The average Bonchev–Trinajstić information content (AvgIpc) is 3.20. The smallest absolute Gasteiger partial charge is 0.253 e. The molecule has 2 N–H and O–H groups in total. The highest BCUT2D eigenvalue weighted by molar-refractivity contribution is 5.96. The monoisotopic (exact) mass is 423 g/mol. The lowest BCUT2D eigenvalue weighted by molar-refractivity contribution is 0.0187. The fourth-order valence-electron chi connectivity index (χ4n) is 4.43. The number of nitrogens with zero attached hydrogens (tertiary/aromatic N) is 3. The molecule has 1 aliphatic rings. The van der Waals surface area contributed by atoms with Gasteiger partial charge in [-0.15, -0.1) is 0 Å². The largest absolute Gasteiger partial charge is 0.379 e. The maximum Gasteiger partial charge on any atom is 0.253 e. The van der Waals surface area contributed by atoms with Crippen molar-refractivity contribution in [1.29, 1.82) is 0 Å². The van der Waals surface area contributed by atoms with Gasteiger partial charge in [0, 0.05) is 60.6 Å². The predicted molar refractivity (Wildman–Crippen MR) is 118 cm³/mol. The number of fused-ring (bicyclic) bond motifs is 1. The molecule has 4 heterocycles. The second-order valence-electron chi connectivity index (χ2n) is 8.17. The number of nitrogens with one attached hydrogen (secondary N) is 2. The van der Waals surface area contributed by atoms with Gasteiger partial charge >= 0.3 is 0 Å². The standard InChI is InChI=1S/C23H29N5O3/c1-14-11-15(2)26-23(30)19(14)13-25-22(29)18-12-20-24-5-6-28(20)21(16(18)3)17(4)27-7-9-31-10-8-27/h5-6,11-12,17H,7-10,13H2,1-4H3,(H,25,29)(H,26,30). The zero-order valence-corrected chi connectivity index (χ0v) is 18.5. The van der Waals surface area contributed by atoms with Crippen molar-refractivity contribution in [2.75, 3.05) is 26.3 Å². The van der Waals surface area contributed by atoms with Crippen LogP contribution in [0.2, 0.25) is 0 Å². The topological polar surface area (TPSA) is 91.7 Å². The number of carbonyl (C=O) groups is 1. The Bertz CT molecular complexity index is 1170. The molecular formula is C23H29N5O3. The van der Waals surface area contributed by atoms with Crippen LogP contribution in [0.1, 0.15) is 51.4 Å². The van der Waals surface area contributed by atoms with E-state index in [1.807, 2.05) is 39.1 Å². The van der Waals surface area contributed by atoms with E-state index in [1.54, 1.807) is 6.20 Å². The summed E-state index contributed by atoms with van der Waals surface area (Å²) in [6, 6.07) is 3.83. The number of aromatic amines is 1. The number of imidazole rings is 1. The number of H-pyrrole nitrogens is 1. The molecule has 4 rings (SSSR count). The molecule has 0 aliphatic carbocycles. The molecule has 1 atom stereocenters. The molecule has 1 saturated heterocycles. The van der Waals surface area contributed by atoms with Crippen LogP contribution < -0.4 is 10.9 Å². The van der Waals surface area contributed by atoms with Crippen molar-refractivity contribution in [3.8, 4) is 0 Å². The predicted octanol–water partition coefficient (Wildman–Crippen LogP) is 2.27. The van der Waals surface area contributed by atoms with E-state index in [1.165, 1.54) is 0 Å². The Hall–Kier alpha value is -2.97. The van der Waals surface area contributed by atoms with E-state index >= 15 is 0 Å². The van der Waals surface area contributed by atoms with Crippen molar-refractivity contribution in [3.63, 3.8) is 0 Å². The minimum Gasteiger partial charge on any atom is -0.379 e. The summed E-state index contributed by atoms with van der Waals surface area (Å²) >= 11 is 0. The highest BCUT2D eigenvalue weighted by Crippen LogP contribution is 2.28. The second-order valence-corrected chi connectivity index (χ2v) is 8.17. The number of amides is 1. The van der Waals surface area contributed by atoms with Crippen LogP contribution in [0.3, 0.4) is 0 Å². The van der Waals surface area contributed by atoms with Gasteiger partial charge in [0.15, 0.2) is 0 Å². The van der Waals surface area contributed by atoms with E-state index in [-0.39, 0.29) is 24.1 Å². The van der Waals surface area contributed by atoms with Gasteiger partial charge in [0.25, 0.3) is 11.5 Å². The molecule has 0 spiro atoms. The number of aryl methyl sites for hydroxylation is 2. The molecule has 8 nitrogen and oxygen atoms in total. The van der Waals surface area contributed by atoms with Crippen LogP contribution in [-0.4, -0.2) is 51.5 Å². The number of hydrogen-bond acceptors (Lipinski definition) is 5. The zero-order chi connectivity index (χ0) is 22.1. The molecule has 0 radical (unpaired) electrons. The number of hydrogen-bond donors (Lipinski definition) is 2. The van der Waals surface area contributed by atoms with E-state index in [2.05, 4.69) is 31.5 Å². The van der Waals surface area contributed by atoms with Gasteiger partial charge in [0.05, 0.1) is 13.2 Å². The summed E-state index contributed by atoms with van der Waals surface area (Å²) < 4.78 is 7.55. The van der Waals surface area contributed by atoms with Crippen LogP contribution in [0.25, 0.3) is 5.65 Å². The van der Waals surface area contributed by atoms with Gasteiger partial charge in [-0.3, -0.25) is 14.5 Å². The molecule has 1 aliphatic heterocycles. The maximum absolute atomic E-state index is 13.2. The third kappa shape index (κ3) is 4.13. The average molecular weight is 424 g/mol. The van der Waals surface area contributed by atoms with Gasteiger partial charge in [-0.25, -0.2) is 4.98 Å². The van der Waals surface area contributed by atoms with Gasteiger partial charge in [0.1, 0.15) is 5.65 Å². The van der Waals surface area contributed by atoms with Gasteiger partial charge in [0.2, 0.25) is 0 Å². The summed E-state index contributed by atoms with van der Waals surface area (Å²) in [6.07, 6.45) is 3.69. The van der Waals surface area contributed by atoms with Gasteiger partial charge < -0.3 is 19.4 Å². The van der Waals surface area contributed by atoms with E-state index in [9.17, 15) is 9.59 Å². The van der Waals surface area contributed by atoms with Crippen LogP contribution in [0, 0.1) is 20.8 Å². The first kappa shape index (κ1) is 21.3. The molecule has 0 saturated carbocycles. The first-order valence-corrected chi connectivity index (χ1v) is 10.6. The molecule has 1 amide bonds. The van der Waals surface area contributed by atoms with Crippen molar-refractivity contribution in [2.45, 2.75) is 40.3 Å². The summed E-state index contributed by atoms with van der Waals surface area (Å²) in [7, 11) is 0. The molecule has 0 aromatic carbocycles. The molecule has 8 heteroatoms. The molecule has 0 bridgehead atoms. The van der Waals surface area contributed by atoms with Crippen LogP contribution in [0.4, 0.5) is 0 Å². The minimum atomic E-state index is -0.210. The number of pyridine rings is 2. The molecule has 164 valence electrons. The Morgan fingerprint density at radius 1 is 1.26 bits per heavy atom. The van der Waals surface area contributed by atoms with Gasteiger partial charge in [-0.05, 0) is 51.0 Å². The quantitative estimate of drug-likeness (QED) is 0.657. The molecule has 3 aromatic rings. The number of rotatable bonds is 5. The lowest BCUT2D eigenvalue weighted by Crippen LogP contribution is -2.39. The SMILES string of the molecule is Cc1cc(C)c(CNC(=O)c2cc3nccn3c(C(C)N3CCOCC3)c2C)c(=O)[nH]1. The van der Waals surface area contributed by atoms with Crippen LogP contribution in [0.5, 0.6) is 0 Å². The van der Waals surface area contributed by atoms with Crippen molar-refractivity contribution < 1.29 is 9.53 Å². The number of morpholine rings is 1. The molecule has 3 aromatic heterocycles. The first-order chi connectivity index (χ1) is 14.9. The summed E-state index contributed by atoms with van der Waals surface area (Å²) in [5, 5.41) is 2.93. The molecule has 31 heavy (non-hydrogen) atoms. The zero-order valence-electron chi connectivity index (χ0n) is 18.5. The number of carbonyl (C=O) groups excluding carboxylic acids is 1. The Morgan fingerprint density at radius 2 is 2.00 bits per heavy atom. The van der Waals surface area contributed by atoms with Crippen molar-refractivity contribution in [2.24, 2.45) is 0 Å². The van der Waals surface area contributed by atoms with Gasteiger partial charge in [-0.1, -0.05) is 0 Å². The lowest BCUT2D eigenvalue weighted by Gasteiger charge is -2.33. The van der Waals surface area contributed by atoms with E-state index < -0.39 is 0 Å². The fraction of sp³-hybridized carbons (Fsp3) is 0.435. The number of aromatic nitrogens is 3. The third-order valence-electron chi connectivity index (χ3n) is 6.14. The third-order valence-corrected chi connectivity index (χ3v) is 6.14. The Morgan fingerprint density at radius 3 is 2.71 bits per heavy atom. The minimum absolute atomic E-state index is 0.107. The summed E-state index contributed by atoms with van der Waals surface area (Å²) in [4.78, 5) is 35.0. The first-order valence-electron chi connectivity index (χ1n) is 10.6. The lowest BCUT2D eigenvalue weighted by atomic mass is 10.0. The second kappa shape index (κ2) is 8.64. The maximum atomic E-state index is 13.2. The Labute approximate surface area is 181 Å². The summed E-state index contributed by atoms with van der Waals surface area (Å²) in [5.74, 6) is -0.210. The Balaban J connectivity index is 1.65. The highest BCUT2D eigenvalue weighted by atomic mass is 16.5. The van der Waals surface area contributed by atoms with Crippen LogP contribution >= 0.6 is 0 Å². The summed E-state index contributed by atoms with van der Waals surface area (Å²) in [5.41, 5.74) is 5.34. The van der Waals surface area contributed by atoms with E-state index in [4.69, 9.17) is 4.74 Å².